The molecule has 0 aromatic carbocycles. The second kappa shape index (κ2) is 5.10. The fourth-order valence-corrected chi connectivity index (χ4v) is 1.66. The Labute approximate surface area is 86.8 Å². The maximum atomic E-state index is 9.46. The van der Waals surface area contributed by atoms with Crippen molar-refractivity contribution in [3.05, 3.63) is 0 Å². The zero-order chi connectivity index (χ0) is 10.6. The van der Waals surface area contributed by atoms with Crippen molar-refractivity contribution in [3.8, 4) is 0 Å². The van der Waals surface area contributed by atoms with E-state index in [-0.39, 0.29) is 6.10 Å². The SMILES string of the molecule is CCOCC(O)CNCC1CC1(C)C. The van der Waals surface area contributed by atoms with Crippen molar-refractivity contribution in [2.24, 2.45) is 11.3 Å². The largest absolute Gasteiger partial charge is 0.389 e. The normalized spacial score (nSPS) is 26.1. The summed E-state index contributed by atoms with van der Waals surface area (Å²) in [6.07, 6.45) is 0.943. The summed E-state index contributed by atoms with van der Waals surface area (Å²) in [6.45, 7) is 9.30. The van der Waals surface area contributed by atoms with Gasteiger partial charge in [-0.2, -0.15) is 0 Å². The Morgan fingerprint density at radius 2 is 2.21 bits per heavy atom. The van der Waals surface area contributed by atoms with Crippen LogP contribution in [0.15, 0.2) is 0 Å². The molecule has 3 heteroatoms. The molecule has 1 rings (SSSR count). The van der Waals surface area contributed by atoms with Gasteiger partial charge < -0.3 is 15.2 Å². The van der Waals surface area contributed by atoms with Crippen LogP contribution >= 0.6 is 0 Å². The van der Waals surface area contributed by atoms with Crippen molar-refractivity contribution in [2.75, 3.05) is 26.3 Å². The van der Waals surface area contributed by atoms with Gasteiger partial charge in [0, 0.05) is 13.2 Å². The van der Waals surface area contributed by atoms with E-state index in [1.807, 2.05) is 6.92 Å². The summed E-state index contributed by atoms with van der Waals surface area (Å²) in [6, 6.07) is 0. The van der Waals surface area contributed by atoms with Crippen LogP contribution in [-0.2, 0) is 4.74 Å². The monoisotopic (exact) mass is 201 g/mol. The molecule has 0 spiro atoms. The van der Waals surface area contributed by atoms with Crippen LogP contribution in [0.1, 0.15) is 27.2 Å². The van der Waals surface area contributed by atoms with Gasteiger partial charge in [-0.25, -0.2) is 0 Å². The lowest BCUT2D eigenvalue weighted by atomic mass is 10.1. The van der Waals surface area contributed by atoms with Crippen molar-refractivity contribution in [1.29, 1.82) is 0 Å². The Hall–Kier alpha value is -0.120. The van der Waals surface area contributed by atoms with E-state index in [9.17, 15) is 5.11 Å². The van der Waals surface area contributed by atoms with E-state index in [2.05, 4.69) is 19.2 Å². The summed E-state index contributed by atoms with van der Waals surface area (Å²) in [7, 11) is 0. The summed E-state index contributed by atoms with van der Waals surface area (Å²) < 4.78 is 5.12. The molecule has 2 N–H and O–H groups in total. The lowest BCUT2D eigenvalue weighted by molar-refractivity contribution is 0.0427. The van der Waals surface area contributed by atoms with Crippen molar-refractivity contribution in [2.45, 2.75) is 33.3 Å². The minimum atomic E-state index is -0.364. The van der Waals surface area contributed by atoms with Gasteiger partial charge in [0.2, 0.25) is 0 Å². The van der Waals surface area contributed by atoms with Gasteiger partial charge in [0.15, 0.2) is 0 Å². The highest BCUT2D eigenvalue weighted by Crippen LogP contribution is 2.50. The van der Waals surface area contributed by atoms with E-state index >= 15 is 0 Å². The second-order valence-electron chi connectivity index (χ2n) is 4.86. The van der Waals surface area contributed by atoms with Gasteiger partial charge in [0.25, 0.3) is 0 Å². The second-order valence-corrected chi connectivity index (χ2v) is 4.86. The first-order valence-corrected chi connectivity index (χ1v) is 5.52. The summed E-state index contributed by atoms with van der Waals surface area (Å²) in [4.78, 5) is 0. The average molecular weight is 201 g/mol. The third-order valence-electron chi connectivity index (χ3n) is 3.00. The summed E-state index contributed by atoms with van der Waals surface area (Å²) >= 11 is 0. The molecule has 1 saturated carbocycles. The molecule has 2 unspecified atom stereocenters. The molecular formula is C11H23NO2. The van der Waals surface area contributed by atoms with Crippen LogP contribution in [-0.4, -0.2) is 37.5 Å². The minimum Gasteiger partial charge on any atom is -0.389 e. The molecule has 1 aliphatic rings. The highest BCUT2D eigenvalue weighted by atomic mass is 16.5. The quantitative estimate of drug-likeness (QED) is 0.646. The molecule has 0 heterocycles. The van der Waals surface area contributed by atoms with Gasteiger partial charge in [-0.1, -0.05) is 13.8 Å². The molecule has 1 fully saturated rings. The van der Waals surface area contributed by atoms with Gasteiger partial charge in [-0.15, -0.1) is 0 Å². The van der Waals surface area contributed by atoms with Gasteiger partial charge in [-0.3, -0.25) is 0 Å². The minimum absolute atomic E-state index is 0.364. The number of ether oxygens (including phenoxy) is 1. The number of rotatable bonds is 7. The van der Waals surface area contributed by atoms with Crippen LogP contribution in [0.5, 0.6) is 0 Å². The first kappa shape index (κ1) is 12.0. The molecule has 1 aliphatic carbocycles. The number of nitrogens with one attached hydrogen (secondary N) is 1. The number of hydrogen-bond donors (Lipinski definition) is 2. The van der Waals surface area contributed by atoms with Crippen molar-refractivity contribution < 1.29 is 9.84 Å². The maximum absolute atomic E-state index is 9.46. The molecule has 0 amide bonds. The van der Waals surface area contributed by atoms with Crippen molar-refractivity contribution in [1.82, 2.24) is 5.32 Å². The van der Waals surface area contributed by atoms with Crippen LogP contribution in [0.25, 0.3) is 0 Å². The molecule has 2 atom stereocenters. The zero-order valence-corrected chi connectivity index (χ0v) is 9.55. The fraction of sp³-hybridized carbons (Fsp3) is 1.00. The summed E-state index contributed by atoms with van der Waals surface area (Å²) in [5.41, 5.74) is 0.526. The van der Waals surface area contributed by atoms with E-state index in [4.69, 9.17) is 4.74 Å². The molecule has 0 saturated heterocycles. The van der Waals surface area contributed by atoms with Crippen LogP contribution in [0.3, 0.4) is 0 Å². The van der Waals surface area contributed by atoms with E-state index < -0.39 is 0 Å². The third kappa shape index (κ3) is 3.95. The molecule has 0 bridgehead atoms. The van der Waals surface area contributed by atoms with Gasteiger partial charge >= 0.3 is 0 Å². The van der Waals surface area contributed by atoms with Crippen LogP contribution < -0.4 is 5.32 Å². The smallest absolute Gasteiger partial charge is 0.0897 e. The Balaban J connectivity index is 1.94. The zero-order valence-electron chi connectivity index (χ0n) is 9.55. The third-order valence-corrected chi connectivity index (χ3v) is 3.00. The van der Waals surface area contributed by atoms with Crippen molar-refractivity contribution >= 4 is 0 Å². The molecule has 0 aliphatic heterocycles. The van der Waals surface area contributed by atoms with E-state index in [1.54, 1.807) is 0 Å². The van der Waals surface area contributed by atoms with Gasteiger partial charge in [0.05, 0.1) is 12.7 Å². The number of aliphatic hydroxyl groups excluding tert-OH is 1. The fourth-order valence-electron chi connectivity index (χ4n) is 1.66. The Kier molecular flexibility index (Phi) is 4.35. The Morgan fingerprint density at radius 1 is 1.57 bits per heavy atom. The predicted molar refractivity (Wildman–Crippen MR) is 57.3 cm³/mol. The van der Waals surface area contributed by atoms with E-state index in [1.165, 1.54) is 6.42 Å². The average Bonchev–Trinajstić information content (AvgIpc) is 2.71. The molecule has 0 aromatic rings. The molecule has 84 valence electrons. The van der Waals surface area contributed by atoms with Gasteiger partial charge in [-0.05, 0) is 31.2 Å². The van der Waals surface area contributed by atoms with E-state index in [0.29, 0.717) is 25.2 Å². The van der Waals surface area contributed by atoms with Crippen LogP contribution in [0, 0.1) is 11.3 Å². The van der Waals surface area contributed by atoms with Gasteiger partial charge in [0.1, 0.15) is 0 Å². The first-order chi connectivity index (χ1) is 6.56. The molecule has 0 aromatic heterocycles. The highest BCUT2D eigenvalue weighted by molar-refractivity contribution is 4.96. The lowest BCUT2D eigenvalue weighted by Gasteiger charge is -2.12. The van der Waals surface area contributed by atoms with Crippen molar-refractivity contribution in [3.63, 3.8) is 0 Å². The Bertz CT molecular complexity index is 171. The highest BCUT2D eigenvalue weighted by Gasteiger charge is 2.44. The topological polar surface area (TPSA) is 41.5 Å². The molecular weight excluding hydrogens is 178 g/mol. The number of aliphatic hydroxyl groups is 1. The molecule has 3 nitrogen and oxygen atoms in total. The molecule has 14 heavy (non-hydrogen) atoms. The van der Waals surface area contributed by atoms with E-state index in [0.717, 1.165) is 12.5 Å². The standard InChI is InChI=1S/C11H23NO2/c1-4-14-8-10(13)7-12-6-9-5-11(9,2)3/h9-10,12-13H,4-8H2,1-3H3. The predicted octanol–water partition coefficient (Wildman–Crippen LogP) is 1.02. The lowest BCUT2D eigenvalue weighted by Crippen LogP contribution is -2.32. The Morgan fingerprint density at radius 3 is 2.71 bits per heavy atom. The van der Waals surface area contributed by atoms with Crippen LogP contribution in [0.4, 0.5) is 0 Å². The maximum Gasteiger partial charge on any atom is 0.0897 e. The summed E-state index contributed by atoms with van der Waals surface area (Å²) in [5.74, 6) is 0.793. The molecule has 0 radical (unpaired) electrons. The first-order valence-electron chi connectivity index (χ1n) is 5.52. The van der Waals surface area contributed by atoms with Crippen LogP contribution in [0.2, 0.25) is 0 Å². The summed E-state index contributed by atoms with van der Waals surface area (Å²) in [5, 5.41) is 12.7. The number of hydrogen-bond acceptors (Lipinski definition) is 3.